The maximum atomic E-state index is 13.5. The van der Waals surface area contributed by atoms with Crippen LogP contribution in [0, 0.1) is 17.7 Å². The Kier molecular flexibility index (Phi) is 6.28. The molecule has 0 amide bonds. The Hall–Kier alpha value is -1.76. The van der Waals surface area contributed by atoms with Crippen LogP contribution in [0.15, 0.2) is 59.5 Å². The van der Waals surface area contributed by atoms with Crippen LogP contribution in [0.4, 0.5) is 4.39 Å². The van der Waals surface area contributed by atoms with Crippen molar-refractivity contribution in [3.63, 3.8) is 0 Å². The zero-order valence-corrected chi connectivity index (χ0v) is 18.0. The lowest BCUT2D eigenvalue weighted by Crippen LogP contribution is -2.49. The highest BCUT2D eigenvalue weighted by Gasteiger charge is 2.47. The first kappa shape index (κ1) is 21.5. The third-order valence-corrected chi connectivity index (χ3v) is 8.90. The van der Waals surface area contributed by atoms with E-state index in [-0.39, 0.29) is 17.7 Å². The summed E-state index contributed by atoms with van der Waals surface area (Å²) in [6.45, 7) is 0.774. The van der Waals surface area contributed by atoms with Crippen molar-refractivity contribution in [3.05, 3.63) is 66.0 Å². The molecule has 4 rings (SSSR count). The minimum Gasteiger partial charge on any atom is -0.385 e. The Morgan fingerprint density at radius 3 is 2.00 bits per heavy atom. The summed E-state index contributed by atoms with van der Waals surface area (Å²) >= 11 is 0. The van der Waals surface area contributed by atoms with Crippen molar-refractivity contribution in [2.45, 2.75) is 55.4 Å². The van der Waals surface area contributed by atoms with Crippen LogP contribution in [-0.2, 0) is 15.6 Å². The van der Waals surface area contributed by atoms with Gasteiger partial charge in [-0.1, -0.05) is 49.6 Å². The van der Waals surface area contributed by atoms with Gasteiger partial charge in [0, 0.05) is 13.1 Å². The monoisotopic (exact) mass is 431 g/mol. The molecule has 1 saturated heterocycles. The largest absolute Gasteiger partial charge is 0.385 e. The second-order valence-corrected chi connectivity index (χ2v) is 10.6. The van der Waals surface area contributed by atoms with Crippen LogP contribution < -0.4 is 0 Å². The van der Waals surface area contributed by atoms with Gasteiger partial charge < -0.3 is 5.11 Å². The fourth-order valence-corrected chi connectivity index (χ4v) is 6.83. The number of aliphatic hydroxyl groups is 1. The van der Waals surface area contributed by atoms with Gasteiger partial charge in [0.2, 0.25) is 10.0 Å². The minimum absolute atomic E-state index is 0.0479. The van der Waals surface area contributed by atoms with Gasteiger partial charge in [0.05, 0.1) is 10.5 Å². The molecule has 1 aliphatic carbocycles. The quantitative estimate of drug-likeness (QED) is 0.747. The van der Waals surface area contributed by atoms with Crippen LogP contribution in [0.1, 0.15) is 50.5 Å². The highest BCUT2D eigenvalue weighted by atomic mass is 32.2. The van der Waals surface area contributed by atoms with Gasteiger partial charge in [-0.25, -0.2) is 12.8 Å². The average molecular weight is 432 g/mol. The van der Waals surface area contributed by atoms with E-state index in [1.807, 2.05) is 0 Å². The van der Waals surface area contributed by atoms with Crippen LogP contribution >= 0.6 is 0 Å². The Labute approximate surface area is 178 Å². The highest BCUT2D eigenvalue weighted by molar-refractivity contribution is 7.89. The van der Waals surface area contributed by atoms with Gasteiger partial charge in [0.25, 0.3) is 0 Å². The third-order valence-electron chi connectivity index (χ3n) is 6.99. The van der Waals surface area contributed by atoms with E-state index in [0.717, 1.165) is 31.2 Å². The zero-order valence-electron chi connectivity index (χ0n) is 17.2. The highest BCUT2D eigenvalue weighted by Crippen LogP contribution is 2.47. The topological polar surface area (TPSA) is 57.6 Å². The molecule has 4 nitrogen and oxygen atoms in total. The number of sulfonamides is 1. The molecule has 1 unspecified atom stereocenters. The number of benzene rings is 2. The van der Waals surface area contributed by atoms with Crippen molar-refractivity contribution in [1.29, 1.82) is 0 Å². The van der Waals surface area contributed by atoms with Gasteiger partial charge in [-0.05, 0) is 67.3 Å². The second-order valence-electron chi connectivity index (χ2n) is 8.66. The van der Waals surface area contributed by atoms with Gasteiger partial charge >= 0.3 is 0 Å². The summed E-state index contributed by atoms with van der Waals surface area (Å²) in [5.41, 5.74) is -0.281. The predicted molar refractivity (Wildman–Crippen MR) is 115 cm³/mol. The van der Waals surface area contributed by atoms with Crippen molar-refractivity contribution < 1.29 is 17.9 Å². The first-order valence-corrected chi connectivity index (χ1v) is 12.4. The standard InChI is InChI=1S/C24H30FNO3S/c25-22-13-11-20(12-14-22)24(27,19-7-3-1-4-8-19)21-15-17-26(18-16-21)30(28,29)23-9-5-2-6-10-23/h2,5-6,9-14,19,21,27H,1,3-4,7-8,15-18H2. The summed E-state index contributed by atoms with van der Waals surface area (Å²) in [6.07, 6.45) is 6.47. The van der Waals surface area contributed by atoms with E-state index in [9.17, 15) is 17.9 Å². The molecule has 0 spiro atoms. The second kappa shape index (κ2) is 8.77. The molecular weight excluding hydrogens is 401 g/mol. The molecule has 1 aliphatic heterocycles. The summed E-state index contributed by atoms with van der Waals surface area (Å²) in [6, 6.07) is 14.8. The van der Waals surface area contributed by atoms with Crippen LogP contribution in [0.5, 0.6) is 0 Å². The summed E-state index contributed by atoms with van der Waals surface area (Å²) in [5.74, 6) is -0.235. The van der Waals surface area contributed by atoms with Gasteiger partial charge in [0.1, 0.15) is 5.82 Å². The first-order chi connectivity index (χ1) is 14.4. The van der Waals surface area contributed by atoms with Gasteiger partial charge in [0.15, 0.2) is 0 Å². The molecule has 2 aliphatic rings. The lowest BCUT2D eigenvalue weighted by molar-refractivity contribution is -0.101. The molecular formula is C24H30FNO3S. The third kappa shape index (κ3) is 4.05. The fourth-order valence-electron chi connectivity index (χ4n) is 5.34. The van der Waals surface area contributed by atoms with Crippen molar-refractivity contribution in [2.75, 3.05) is 13.1 Å². The lowest BCUT2D eigenvalue weighted by atomic mass is 9.65. The van der Waals surface area contributed by atoms with Gasteiger partial charge in [-0.3, -0.25) is 0 Å². The molecule has 6 heteroatoms. The van der Waals surface area contributed by atoms with E-state index >= 15 is 0 Å². The summed E-state index contributed by atoms with van der Waals surface area (Å²) in [5, 5.41) is 12.0. The Balaban J connectivity index is 1.57. The molecule has 2 aromatic rings. The van der Waals surface area contributed by atoms with Crippen molar-refractivity contribution in [1.82, 2.24) is 4.31 Å². The van der Waals surface area contributed by atoms with E-state index in [2.05, 4.69) is 0 Å². The van der Waals surface area contributed by atoms with E-state index < -0.39 is 15.6 Å². The number of piperidine rings is 1. The number of hydrogen-bond donors (Lipinski definition) is 1. The minimum atomic E-state index is -3.52. The Morgan fingerprint density at radius 1 is 0.833 bits per heavy atom. The molecule has 0 aromatic heterocycles. The Morgan fingerprint density at radius 2 is 1.40 bits per heavy atom. The maximum Gasteiger partial charge on any atom is 0.243 e. The SMILES string of the molecule is O=S(=O)(c1ccccc1)N1CCC(C(O)(c2ccc(F)cc2)C2CCCCC2)CC1. The lowest BCUT2D eigenvalue weighted by Gasteiger charge is -2.47. The van der Waals surface area contributed by atoms with Crippen LogP contribution in [-0.4, -0.2) is 30.9 Å². The van der Waals surface area contributed by atoms with Crippen LogP contribution in [0.3, 0.4) is 0 Å². The van der Waals surface area contributed by atoms with Crippen molar-refractivity contribution in [3.8, 4) is 0 Å². The smallest absolute Gasteiger partial charge is 0.243 e. The fraction of sp³-hybridized carbons (Fsp3) is 0.500. The molecule has 0 bridgehead atoms. The maximum absolute atomic E-state index is 13.5. The van der Waals surface area contributed by atoms with Crippen LogP contribution in [0.2, 0.25) is 0 Å². The van der Waals surface area contributed by atoms with Crippen molar-refractivity contribution >= 4 is 10.0 Å². The molecule has 2 aromatic carbocycles. The van der Waals surface area contributed by atoms with E-state index in [1.54, 1.807) is 42.5 Å². The van der Waals surface area contributed by atoms with E-state index in [1.165, 1.54) is 22.9 Å². The summed E-state index contributed by atoms with van der Waals surface area (Å²) < 4.78 is 41.0. The van der Waals surface area contributed by atoms with E-state index in [4.69, 9.17) is 0 Å². The average Bonchev–Trinajstić information content (AvgIpc) is 2.80. The number of halogens is 1. The normalized spacial score (nSPS) is 21.9. The molecule has 1 atom stereocenters. The molecule has 0 radical (unpaired) electrons. The molecule has 1 heterocycles. The van der Waals surface area contributed by atoms with Crippen molar-refractivity contribution in [2.24, 2.45) is 11.8 Å². The summed E-state index contributed by atoms with van der Waals surface area (Å²) in [7, 11) is -3.52. The molecule has 30 heavy (non-hydrogen) atoms. The van der Waals surface area contributed by atoms with Crippen LogP contribution in [0.25, 0.3) is 0 Å². The molecule has 162 valence electrons. The molecule has 1 saturated carbocycles. The number of nitrogens with zero attached hydrogens (tertiary/aromatic N) is 1. The first-order valence-electron chi connectivity index (χ1n) is 11.0. The van der Waals surface area contributed by atoms with E-state index in [0.29, 0.717) is 30.8 Å². The number of rotatable bonds is 5. The van der Waals surface area contributed by atoms with Gasteiger partial charge in [-0.2, -0.15) is 4.31 Å². The van der Waals surface area contributed by atoms with Gasteiger partial charge in [-0.15, -0.1) is 0 Å². The number of hydrogen-bond acceptors (Lipinski definition) is 3. The Bertz CT molecular complexity index is 934. The zero-order chi connectivity index (χ0) is 21.2. The molecule has 2 fully saturated rings. The summed E-state index contributed by atoms with van der Waals surface area (Å²) in [4.78, 5) is 0.310. The molecule has 1 N–H and O–H groups in total. The predicted octanol–water partition coefficient (Wildman–Crippen LogP) is 4.69.